The van der Waals surface area contributed by atoms with Crippen molar-refractivity contribution >= 4 is 5.97 Å². The third-order valence-electron chi connectivity index (χ3n) is 1.39. The molecule has 0 aromatic carbocycles. The third-order valence-corrected chi connectivity index (χ3v) is 1.39. The summed E-state index contributed by atoms with van der Waals surface area (Å²) in [5, 5.41) is 0. The molecule has 0 atom stereocenters. The zero-order valence-corrected chi connectivity index (χ0v) is 9.09. The highest BCUT2D eigenvalue weighted by molar-refractivity contribution is 5.82. The van der Waals surface area contributed by atoms with E-state index in [-0.39, 0.29) is 11.6 Å². The molecule has 0 fully saturated rings. The van der Waals surface area contributed by atoms with Crippen LogP contribution in [0.1, 0.15) is 47.0 Å². The Balaban J connectivity index is 3.68. The van der Waals surface area contributed by atoms with Gasteiger partial charge in [-0.05, 0) is 27.2 Å². The van der Waals surface area contributed by atoms with Gasteiger partial charge in [-0.15, -0.1) is 0 Å². The average Bonchev–Trinajstić information content (AvgIpc) is 1.94. The van der Waals surface area contributed by atoms with Gasteiger partial charge in [0.25, 0.3) is 0 Å². The molecule has 13 heavy (non-hydrogen) atoms. The van der Waals surface area contributed by atoms with Crippen molar-refractivity contribution in [3.8, 4) is 0 Å². The standard InChI is InChI=1S/C11H20O2/c1-5-6-7-8-9-10(12)13-11(2,3)4/h8-9H,5-7H2,1-4H3/b9-8-. The number of rotatable bonds is 4. The third kappa shape index (κ3) is 9.12. The zero-order valence-electron chi connectivity index (χ0n) is 9.09. The van der Waals surface area contributed by atoms with E-state index in [0.717, 1.165) is 19.3 Å². The number of ether oxygens (including phenoxy) is 1. The maximum Gasteiger partial charge on any atom is 0.330 e. The highest BCUT2D eigenvalue weighted by Gasteiger charge is 2.13. The summed E-state index contributed by atoms with van der Waals surface area (Å²) in [6, 6.07) is 0. The maximum atomic E-state index is 11.1. The summed E-state index contributed by atoms with van der Waals surface area (Å²) >= 11 is 0. The van der Waals surface area contributed by atoms with E-state index in [1.807, 2.05) is 26.8 Å². The van der Waals surface area contributed by atoms with Crippen molar-refractivity contribution in [2.24, 2.45) is 0 Å². The average molecular weight is 184 g/mol. The summed E-state index contributed by atoms with van der Waals surface area (Å²) in [5.74, 6) is -0.247. The lowest BCUT2D eigenvalue weighted by molar-refractivity contribution is -0.148. The quantitative estimate of drug-likeness (QED) is 0.381. The minimum Gasteiger partial charge on any atom is -0.457 e. The molecule has 0 aliphatic rings. The van der Waals surface area contributed by atoms with Crippen LogP contribution >= 0.6 is 0 Å². The molecular weight excluding hydrogens is 164 g/mol. The summed E-state index contributed by atoms with van der Waals surface area (Å²) in [6.45, 7) is 7.72. The van der Waals surface area contributed by atoms with Crippen molar-refractivity contribution in [1.29, 1.82) is 0 Å². The minimum atomic E-state index is -0.383. The number of unbranched alkanes of at least 4 members (excludes halogenated alkanes) is 2. The Kier molecular flexibility index (Phi) is 5.44. The van der Waals surface area contributed by atoms with Gasteiger partial charge >= 0.3 is 5.97 Å². The first-order valence-electron chi connectivity index (χ1n) is 4.85. The van der Waals surface area contributed by atoms with E-state index in [1.54, 1.807) is 0 Å². The van der Waals surface area contributed by atoms with Crippen molar-refractivity contribution in [3.63, 3.8) is 0 Å². The van der Waals surface area contributed by atoms with E-state index in [2.05, 4.69) is 6.92 Å². The Labute approximate surface area is 81.0 Å². The van der Waals surface area contributed by atoms with E-state index in [4.69, 9.17) is 4.74 Å². The lowest BCUT2D eigenvalue weighted by Crippen LogP contribution is -2.22. The van der Waals surface area contributed by atoms with E-state index >= 15 is 0 Å². The number of esters is 1. The zero-order chi connectivity index (χ0) is 10.3. The monoisotopic (exact) mass is 184 g/mol. The molecule has 0 unspecified atom stereocenters. The number of allylic oxidation sites excluding steroid dienone is 1. The van der Waals surface area contributed by atoms with Gasteiger partial charge in [0, 0.05) is 6.08 Å². The molecule has 0 saturated heterocycles. The van der Waals surface area contributed by atoms with Crippen LogP contribution in [0.5, 0.6) is 0 Å². The maximum absolute atomic E-state index is 11.1. The summed E-state index contributed by atoms with van der Waals surface area (Å²) in [4.78, 5) is 11.1. The molecule has 0 saturated carbocycles. The van der Waals surface area contributed by atoms with E-state index in [9.17, 15) is 4.79 Å². The Morgan fingerprint density at radius 3 is 2.46 bits per heavy atom. The smallest absolute Gasteiger partial charge is 0.330 e. The fourth-order valence-electron chi connectivity index (χ4n) is 0.837. The van der Waals surface area contributed by atoms with E-state index in [0.29, 0.717) is 0 Å². The number of hydrogen-bond donors (Lipinski definition) is 0. The van der Waals surface area contributed by atoms with Crippen LogP contribution < -0.4 is 0 Å². The van der Waals surface area contributed by atoms with Gasteiger partial charge in [0.2, 0.25) is 0 Å². The van der Waals surface area contributed by atoms with Crippen molar-refractivity contribution in [3.05, 3.63) is 12.2 Å². The first kappa shape index (κ1) is 12.2. The van der Waals surface area contributed by atoms with E-state index < -0.39 is 0 Å². The van der Waals surface area contributed by atoms with Crippen LogP contribution in [0.3, 0.4) is 0 Å². The topological polar surface area (TPSA) is 26.3 Å². The summed E-state index contributed by atoms with van der Waals surface area (Å²) in [6.07, 6.45) is 6.62. The summed E-state index contributed by atoms with van der Waals surface area (Å²) in [7, 11) is 0. The van der Waals surface area contributed by atoms with Crippen molar-refractivity contribution < 1.29 is 9.53 Å². The van der Waals surface area contributed by atoms with Gasteiger partial charge in [-0.3, -0.25) is 0 Å². The highest BCUT2D eigenvalue weighted by atomic mass is 16.6. The van der Waals surface area contributed by atoms with Gasteiger partial charge in [-0.1, -0.05) is 25.8 Å². The van der Waals surface area contributed by atoms with Crippen molar-refractivity contribution in [1.82, 2.24) is 0 Å². The largest absolute Gasteiger partial charge is 0.457 e. The molecule has 2 heteroatoms. The fraction of sp³-hybridized carbons (Fsp3) is 0.727. The van der Waals surface area contributed by atoms with Crippen LogP contribution in [0.2, 0.25) is 0 Å². The molecule has 0 radical (unpaired) electrons. The Morgan fingerprint density at radius 1 is 1.38 bits per heavy atom. The SMILES string of the molecule is CCCC/C=C\C(=O)OC(C)(C)C. The molecule has 0 aromatic rings. The number of carbonyl (C=O) groups is 1. The second-order valence-corrected chi connectivity index (χ2v) is 4.08. The molecule has 0 N–H and O–H groups in total. The predicted molar refractivity (Wildman–Crippen MR) is 54.5 cm³/mol. The second kappa shape index (κ2) is 5.79. The van der Waals surface area contributed by atoms with Gasteiger partial charge in [0.15, 0.2) is 0 Å². The molecule has 0 heterocycles. The van der Waals surface area contributed by atoms with Crippen LogP contribution in [0.25, 0.3) is 0 Å². The first-order valence-corrected chi connectivity index (χ1v) is 4.85. The molecule has 0 spiro atoms. The summed E-state index contributed by atoms with van der Waals surface area (Å²) in [5.41, 5.74) is -0.383. The number of carbonyl (C=O) groups excluding carboxylic acids is 1. The predicted octanol–water partition coefficient (Wildman–Crippen LogP) is 3.07. The van der Waals surface area contributed by atoms with Crippen molar-refractivity contribution in [2.45, 2.75) is 52.6 Å². The highest BCUT2D eigenvalue weighted by Crippen LogP contribution is 2.07. The molecule has 0 aromatic heterocycles. The number of hydrogen-bond acceptors (Lipinski definition) is 2. The fourth-order valence-corrected chi connectivity index (χ4v) is 0.837. The summed E-state index contributed by atoms with van der Waals surface area (Å²) < 4.78 is 5.09. The molecule has 0 bridgehead atoms. The van der Waals surface area contributed by atoms with Crippen LogP contribution in [-0.4, -0.2) is 11.6 Å². The van der Waals surface area contributed by atoms with Gasteiger partial charge in [0.05, 0.1) is 0 Å². The van der Waals surface area contributed by atoms with Crippen LogP contribution in [0, 0.1) is 0 Å². The van der Waals surface area contributed by atoms with Gasteiger partial charge in [-0.2, -0.15) is 0 Å². The molecule has 76 valence electrons. The molecule has 0 amide bonds. The van der Waals surface area contributed by atoms with Crippen LogP contribution in [0.4, 0.5) is 0 Å². The first-order chi connectivity index (χ1) is 5.95. The van der Waals surface area contributed by atoms with E-state index in [1.165, 1.54) is 6.08 Å². The molecule has 0 aliphatic heterocycles. The molecule has 2 nitrogen and oxygen atoms in total. The van der Waals surface area contributed by atoms with Crippen LogP contribution in [0.15, 0.2) is 12.2 Å². The second-order valence-electron chi connectivity index (χ2n) is 4.08. The Morgan fingerprint density at radius 2 is 2.00 bits per heavy atom. The molecule has 0 rings (SSSR count). The van der Waals surface area contributed by atoms with Gasteiger partial charge in [-0.25, -0.2) is 4.79 Å². The Hall–Kier alpha value is -0.790. The lowest BCUT2D eigenvalue weighted by Gasteiger charge is -2.17. The van der Waals surface area contributed by atoms with Gasteiger partial charge in [0.1, 0.15) is 5.60 Å². The normalized spacial score (nSPS) is 12.0. The van der Waals surface area contributed by atoms with Gasteiger partial charge < -0.3 is 4.74 Å². The minimum absolute atomic E-state index is 0.247. The lowest BCUT2D eigenvalue weighted by atomic mass is 10.2. The molecule has 0 aliphatic carbocycles. The van der Waals surface area contributed by atoms with Crippen LogP contribution in [-0.2, 0) is 9.53 Å². The Bertz CT molecular complexity index is 175. The van der Waals surface area contributed by atoms with Crippen molar-refractivity contribution in [2.75, 3.05) is 0 Å². The molecular formula is C11H20O2.